The van der Waals surface area contributed by atoms with Gasteiger partial charge < -0.3 is 9.47 Å². The van der Waals surface area contributed by atoms with E-state index in [2.05, 4.69) is 55.5 Å². The Balaban J connectivity index is 0.000000156. The van der Waals surface area contributed by atoms with Crippen LogP contribution in [-0.2, 0) is 22.7 Å². The highest BCUT2D eigenvalue weighted by Gasteiger charge is 2.23. The number of hydrogen-bond acceptors (Lipinski definition) is 2. The molecule has 2 atom stereocenters. The third-order valence-corrected chi connectivity index (χ3v) is 5.72. The molecule has 2 aliphatic carbocycles. The third kappa shape index (κ3) is 7.12. The molecule has 0 N–H and O–H groups in total. The van der Waals surface area contributed by atoms with Crippen LogP contribution in [0.3, 0.4) is 0 Å². The van der Waals surface area contributed by atoms with Crippen molar-refractivity contribution in [2.75, 3.05) is 0 Å². The van der Waals surface area contributed by atoms with Gasteiger partial charge in [-0.1, -0.05) is 86.8 Å². The van der Waals surface area contributed by atoms with Gasteiger partial charge in [0.2, 0.25) is 0 Å². The van der Waals surface area contributed by atoms with Crippen molar-refractivity contribution in [3.63, 3.8) is 0 Å². The molecule has 0 bridgehead atoms. The second kappa shape index (κ2) is 11.3. The molecule has 0 heterocycles. The van der Waals surface area contributed by atoms with Gasteiger partial charge in [0.1, 0.15) is 0 Å². The van der Waals surface area contributed by atoms with Gasteiger partial charge in [-0.2, -0.15) is 0 Å². The zero-order valence-electron chi connectivity index (χ0n) is 16.7. The molecule has 0 aromatic heterocycles. The predicted molar refractivity (Wildman–Crippen MR) is 112 cm³/mol. The van der Waals surface area contributed by atoms with Crippen LogP contribution in [0.15, 0.2) is 60.7 Å². The van der Waals surface area contributed by atoms with Crippen molar-refractivity contribution in [2.24, 2.45) is 5.92 Å². The molecule has 146 valence electrons. The first-order valence-electron chi connectivity index (χ1n) is 10.6. The Kier molecular flexibility index (Phi) is 8.38. The second-order valence-corrected chi connectivity index (χ2v) is 7.95. The summed E-state index contributed by atoms with van der Waals surface area (Å²) in [4.78, 5) is 0. The van der Waals surface area contributed by atoms with Gasteiger partial charge in [-0.3, -0.25) is 0 Å². The van der Waals surface area contributed by atoms with Crippen LogP contribution in [-0.4, -0.2) is 12.2 Å². The Hall–Kier alpha value is -1.64. The van der Waals surface area contributed by atoms with E-state index in [1.165, 1.54) is 56.1 Å². The first-order chi connectivity index (χ1) is 13.3. The van der Waals surface area contributed by atoms with E-state index >= 15 is 0 Å². The summed E-state index contributed by atoms with van der Waals surface area (Å²) in [5.74, 6) is 0.749. The monoisotopic (exact) mass is 366 g/mol. The SMILES string of the molecule is C[C@@H]1CCC[C@@H]1OCc1ccccc1.c1ccc(COC2CCCC2)cc1. The van der Waals surface area contributed by atoms with Gasteiger partial charge >= 0.3 is 0 Å². The van der Waals surface area contributed by atoms with Crippen molar-refractivity contribution in [1.29, 1.82) is 0 Å². The van der Waals surface area contributed by atoms with Crippen molar-refractivity contribution in [1.82, 2.24) is 0 Å². The van der Waals surface area contributed by atoms with Crippen LogP contribution in [0.5, 0.6) is 0 Å². The van der Waals surface area contributed by atoms with Gasteiger partial charge in [-0.15, -0.1) is 0 Å². The van der Waals surface area contributed by atoms with Gasteiger partial charge in [0.05, 0.1) is 25.4 Å². The normalized spacial score (nSPS) is 22.4. The van der Waals surface area contributed by atoms with Gasteiger partial charge in [-0.25, -0.2) is 0 Å². The maximum absolute atomic E-state index is 5.90. The van der Waals surface area contributed by atoms with Crippen LogP contribution in [0.1, 0.15) is 63.0 Å². The molecule has 4 rings (SSSR count). The number of rotatable bonds is 6. The van der Waals surface area contributed by atoms with Crippen molar-refractivity contribution < 1.29 is 9.47 Å². The van der Waals surface area contributed by atoms with Crippen LogP contribution >= 0.6 is 0 Å². The molecule has 27 heavy (non-hydrogen) atoms. The number of benzene rings is 2. The molecule has 2 aromatic carbocycles. The lowest BCUT2D eigenvalue weighted by Gasteiger charge is -2.16. The van der Waals surface area contributed by atoms with Crippen molar-refractivity contribution in [3.8, 4) is 0 Å². The largest absolute Gasteiger partial charge is 0.374 e. The zero-order chi connectivity index (χ0) is 18.7. The van der Waals surface area contributed by atoms with Gasteiger partial charge in [-0.05, 0) is 42.7 Å². The van der Waals surface area contributed by atoms with Crippen LogP contribution in [0.4, 0.5) is 0 Å². The molecular formula is C25H34O2. The quantitative estimate of drug-likeness (QED) is 0.578. The van der Waals surface area contributed by atoms with E-state index in [1.54, 1.807) is 0 Å². The van der Waals surface area contributed by atoms with E-state index in [0.29, 0.717) is 12.2 Å². The van der Waals surface area contributed by atoms with E-state index < -0.39 is 0 Å². The molecule has 0 aliphatic heterocycles. The third-order valence-electron chi connectivity index (χ3n) is 5.72. The fourth-order valence-electron chi connectivity index (χ4n) is 3.98. The average molecular weight is 367 g/mol. The van der Waals surface area contributed by atoms with Crippen molar-refractivity contribution >= 4 is 0 Å². The predicted octanol–water partition coefficient (Wildman–Crippen LogP) is 6.54. The lowest BCUT2D eigenvalue weighted by atomic mass is 10.1. The molecule has 0 radical (unpaired) electrons. The molecule has 2 fully saturated rings. The summed E-state index contributed by atoms with van der Waals surface area (Å²) in [6, 6.07) is 20.8. The minimum absolute atomic E-state index is 0.496. The highest BCUT2D eigenvalue weighted by Crippen LogP contribution is 2.28. The molecule has 2 heteroatoms. The molecular weight excluding hydrogens is 332 g/mol. The molecule has 2 aromatic rings. The minimum atomic E-state index is 0.496. The van der Waals surface area contributed by atoms with E-state index in [1.807, 2.05) is 12.1 Å². The van der Waals surface area contributed by atoms with Crippen molar-refractivity contribution in [3.05, 3.63) is 71.8 Å². The molecule has 0 spiro atoms. The Bertz CT molecular complexity index is 619. The average Bonchev–Trinajstić information content (AvgIpc) is 3.39. The van der Waals surface area contributed by atoms with E-state index in [9.17, 15) is 0 Å². The van der Waals surface area contributed by atoms with Gasteiger partial charge in [0.15, 0.2) is 0 Å². The zero-order valence-corrected chi connectivity index (χ0v) is 16.7. The van der Waals surface area contributed by atoms with E-state index in [0.717, 1.165) is 19.1 Å². The Morgan fingerprint density at radius 2 is 1.22 bits per heavy atom. The van der Waals surface area contributed by atoms with Crippen LogP contribution in [0.25, 0.3) is 0 Å². The lowest BCUT2D eigenvalue weighted by Crippen LogP contribution is -2.15. The molecule has 2 saturated carbocycles. The first-order valence-corrected chi connectivity index (χ1v) is 10.6. The molecule has 0 amide bonds. The van der Waals surface area contributed by atoms with Crippen LogP contribution in [0, 0.1) is 5.92 Å². The smallest absolute Gasteiger partial charge is 0.0720 e. The number of hydrogen-bond donors (Lipinski definition) is 0. The standard InChI is InChI=1S/C13H18O.C12H16O/c1-11-6-5-9-13(11)14-10-12-7-3-2-4-8-12;1-2-6-11(7-3-1)10-13-12-8-4-5-9-12/h2-4,7-8,11,13H,5-6,9-10H2,1H3;1-3,6-7,12H,4-5,8-10H2/t11-,13+;/m1./s1. The summed E-state index contributed by atoms with van der Waals surface area (Å²) in [7, 11) is 0. The fraction of sp³-hybridized carbons (Fsp3) is 0.520. The summed E-state index contributed by atoms with van der Waals surface area (Å²) >= 11 is 0. The summed E-state index contributed by atoms with van der Waals surface area (Å²) in [5, 5.41) is 0. The Labute approximate surface area is 164 Å². The highest BCUT2D eigenvalue weighted by atomic mass is 16.5. The minimum Gasteiger partial charge on any atom is -0.374 e. The highest BCUT2D eigenvalue weighted by molar-refractivity contribution is 5.14. The maximum Gasteiger partial charge on any atom is 0.0720 e. The molecule has 2 nitrogen and oxygen atoms in total. The summed E-state index contributed by atoms with van der Waals surface area (Å²) < 4.78 is 11.7. The molecule has 0 saturated heterocycles. The molecule has 2 aliphatic rings. The Morgan fingerprint density at radius 3 is 1.74 bits per heavy atom. The van der Waals surface area contributed by atoms with Gasteiger partial charge in [0, 0.05) is 0 Å². The number of ether oxygens (including phenoxy) is 2. The summed E-state index contributed by atoms with van der Waals surface area (Å²) in [5.41, 5.74) is 2.57. The van der Waals surface area contributed by atoms with E-state index in [-0.39, 0.29) is 0 Å². The summed E-state index contributed by atoms with van der Waals surface area (Å²) in [6.45, 7) is 3.85. The topological polar surface area (TPSA) is 18.5 Å². The van der Waals surface area contributed by atoms with Gasteiger partial charge in [0.25, 0.3) is 0 Å². The maximum atomic E-state index is 5.90. The van der Waals surface area contributed by atoms with Crippen LogP contribution in [0.2, 0.25) is 0 Å². The first kappa shape index (κ1) is 20.1. The van der Waals surface area contributed by atoms with Crippen molar-refractivity contribution in [2.45, 2.75) is 77.3 Å². The lowest BCUT2D eigenvalue weighted by molar-refractivity contribution is 0.0207. The Morgan fingerprint density at radius 1 is 0.667 bits per heavy atom. The second-order valence-electron chi connectivity index (χ2n) is 7.95. The molecule has 0 unspecified atom stereocenters. The van der Waals surface area contributed by atoms with Crippen LogP contribution < -0.4 is 0 Å². The fourth-order valence-corrected chi connectivity index (χ4v) is 3.98. The van der Waals surface area contributed by atoms with E-state index in [4.69, 9.17) is 9.47 Å². The summed E-state index contributed by atoms with van der Waals surface area (Å²) in [6.07, 6.45) is 10.1.